The number of nitrogens with two attached hydrogens (primary N) is 1. The van der Waals surface area contributed by atoms with Crippen molar-refractivity contribution in [1.82, 2.24) is 0 Å². The summed E-state index contributed by atoms with van der Waals surface area (Å²) in [7, 11) is -0.803. The van der Waals surface area contributed by atoms with Crippen LogP contribution >= 0.6 is 15.9 Å². The minimum absolute atomic E-state index is 0.245. The predicted molar refractivity (Wildman–Crippen MR) is 70.2 cm³/mol. The van der Waals surface area contributed by atoms with Gasteiger partial charge in [-0.1, -0.05) is 35.8 Å². The zero-order valence-corrected chi connectivity index (χ0v) is 11.4. The Bertz CT molecular complexity index is 368. The van der Waals surface area contributed by atoms with Crippen LogP contribution in [0.1, 0.15) is 25.8 Å². The number of anilines is 1. The fraction of sp³-hybridized carbons (Fsp3) is 0.455. The summed E-state index contributed by atoms with van der Waals surface area (Å²) >= 11 is 3.43. The van der Waals surface area contributed by atoms with Gasteiger partial charge in [-0.3, -0.25) is 4.21 Å². The van der Waals surface area contributed by atoms with Gasteiger partial charge < -0.3 is 5.73 Å². The molecule has 0 saturated carbocycles. The normalized spacial score (nSPS) is 14.9. The van der Waals surface area contributed by atoms with E-state index in [1.165, 1.54) is 0 Å². The summed E-state index contributed by atoms with van der Waals surface area (Å²) in [6.45, 7) is 4.07. The van der Waals surface area contributed by atoms with Crippen molar-refractivity contribution in [1.29, 1.82) is 0 Å². The van der Waals surface area contributed by atoms with E-state index in [2.05, 4.69) is 22.9 Å². The predicted octanol–water partition coefficient (Wildman–Crippen LogP) is 3.08. The fourth-order valence-electron chi connectivity index (χ4n) is 1.16. The summed E-state index contributed by atoms with van der Waals surface area (Å²) in [4.78, 5) is 0. The van der Waals surface area contributed by atoms with Gasteiger partial charge in [-0.2, -0.15) is 0 Å². The van der Waals surface area contributed by atoms with Gasteiger partial charge in [-0.15, -0.1) is 0 Å². The average molecular weight is 290 g/mol. The molecule has 0 radical (unpaired) electrons. The largest absolute Gasteiger partial charge is 0.399 e. The molecule has 0 spiro atoms. The first-order valence-electron chi connectivity index (χ1n) is 4.95. The van der Waals surface area contributed by atoms with Crippen molar-refractivity contribution in [3.8, 4) is 0 Å². The van der Waals surface area contributed by atoms with Crippen LogP contribution in [0, 0.1) is 0 Å². The first-order chi connectivity index (χ1) is 7.04. The molecule has 1 aromatic rings. The molecule has 0 saturated heterocycles. The molecule has 84 valence electrons. The van der Waals surface area contributed by atoms with Gasteiger partial charge in [0.15, 0.2) is 0 Å². The van der Waals surface area contributed by atoms with Gasteiger partial charge >= 0.3 is 0 Å². The summed E-state index contributed by atoms with van der Waals surface area (Å²) in [6, 6.07) is 5.62. The van der Waals surface area contributed by atoms with Gasteiger partial charge in [-0.05, 0) is 24.1 Å². The van der Waals surface area contributed by atoms with Crippen molar-refractivity contribution < 1.29 is 4.21 Å². The van der Waals surface area contributed by atoms with Crippen molar-refractivity contribution in [2.24, 2.45) is 0 Å². The average Bonchev–Trinajstić information content (AvgIpc) is 2.20. The Kier molecular flexibility index (Phi) is 4.80. The lowest BCUT2D eigenvalue weighted by atomic mass is 10.2. The molecule has 4 heteroatoms. The Morgan fingerprint density at radius 1 is 1.53 bits per heavy atom. The second-order valence-electron chi connectivity index (χ2n) is 3.59. The van der Waals surface area contributed by atoms with E-state index in [1.54, 1.807) is 0 Å². The topological polar surface area (TPSA) is 43.1 Å². The molecule has 0 aliphatic carbocycles. The molecule has 15 heavy (non-hydrogen) atoms. The van der Waals surface area contributed by atoms with Crippen LogP contribution in [0.2, 0.25) is 0 Å². The molecule has 0 fully saturated rings. The van der Waals surface area contributed by atoms with Crippen molar-refractivity contribution in [3.63, 3.8) is 0 Å². The Labute approximate surface area is 102 Å². The third kappa shape index (κ3) is 3.61. The van der Waals surface area contributed by atoms with E-state index in [9.17, 15) is 4.21 Å². The third-order valence-corrected chi connectivity index (χ3v) is 4.96. The van der Waals surface area contributed by atoms with Gasteiger partial charge in [-0.25, -0.2) is 0 Å². The number of benzene rings is 1. The molecule has 0 amide bonds. The number of rotatable bonds is 4. The van der Waals surface area contributed by atoms with E-state index in [4.69, 9.17) is 5.73 Å². The summed E-state index contributed by atoms with van der Waals surface area (Å²) in [5.74, 6) is 0.593. The molecule has 0 aliphatic heterocycles. The van der Waals surface area contributed by atoms with Gasteiger partial charge in [0.2, 0.25) is 0 Å². The van der Waals surface area contributed by atoms with Gasteiger partial charge in [0, 0.05) is 32.0 Å². The second kappa shape index (κ2) is 5.66. The Balaban J connectivity index is 2.77. The highest BCUT2D eigenvalue weighted by molar-refractivity contribution is 9.10. The van der Waals surface area contributed by atoms with Crippen LogP contribution in [0.15, 0.2) is 22.7 Å². The van der Waals surface area contributed by atoms with Crippen molar-refractivity contribution in [2.75, 3.05) is 5.73 Å². The van der Waals surface area contributed by atoms with Crippen LogP contribution < -0.4 is 5.73 Å². The van der Waals surface area contributed by atoms with E-state index in [-0.39, 0.29) is 5.25 Å². The van der Waals surface area contributed by atoms with Crippen molar-refractivity contribution in [3.05, 3.63) is 28.2 Å². The number of halogens is 1. The molecule has 0 aliphatic rings. The minimum Gasteiger partial charge on any atom is -0.399 e. The van der Waals surface area contributed by atoms with E-state index in [0.29, 0.717) is 5.75 Å². The SMILES string of the molecule is CCC(C)S(=O)Cc1ccc(N)cc1Br. The summed E-state index contributed by atoms with van der Waals surface area (Å²) in [5.41, 5.74) is 7.42. The molecule has 2 nitrogen and oxygen atoms in total. The standard InChI is InChI=1S/C11H16BrNOS/c1-3-8(2)15(14)7-9-4-5-10(13)6-11(9)12/h4-6,8H,3,7,13H2,1-2H3. The van der Waals surface area contributed by atoms with E-state index < -0.39 is 10.8 Å². The van der Waals surface area contributed by atoms with Crippen LogP contribution in [-0.4, -0.2) is 9.46 Å². The first-order valence-corrected chi connectivity index (χ1v) is 7.13. The highest BCUT2D eigenvalue weighted by Gasteiger charge is 2.11. The van der Waals surface area contributed by atoms with Crippen LogP contribution in [-0.2, 0) is 16.6 Å². The Morgan fingerprint density at radius 2 is 2.20 bits per heavy atom. The minimum atomic E-state index is -0.803. The van der Waals surface area contributed by atoms with Crippen molar-refractivity contribution in [2.45, 2.75) is 31.3 Å². The quantitative estimate of drug-likeness (QED) is 0.866. The molecule has 0 heterocycles. The van der Waals surface area contributed by atoms with E-state index in [0.717, 1.165) is 22.1 Å². The monoisotopic (exact) mass is 289 g/mol. The van der Waals surface area contributed by atoms with Gasteiger partial charge in [0.1, 0.15) is 0 Å². The first kappa shape index (κ1) is 12.7. The second-order valence-corrected chi connectivity index (χ2v) is 6.30. The van der Waals surface area contributed by atoms with Crippen LogP contribution in [0.3, 0.4) is 0 Å². The van der Waals surface area contributed by atoms with Crippen LogP contribution in [0.5, 0.6) is 0 Å². The Hall–Kier alpha value is -0.350. The lowest BCUT2D eigenvalue weighted by Crippen LogP contribution is -2.11. The molecule has 0 bridgehead atoms. The number of hydrogen-bond acceptors (Lipinski definition) is 2. The molecule has 2 atom stereocenters. The summed E-state index contributed by atoms with van der Waals surface area (Å²) in [6.07, 6.45) is 0.944. The summed E-state index contributed by atoms with van der Waals surface area (Å²) < 4.78 is 12.8. The lowest BCUT2D eigenvalue weighted by Gasteiger charge is -2.10. The maximum Gasteiger partial charge on any atom is 0.0499 e. The zero-order valence-electron chi connectivity index (χ0n) is 9.00. The molecule has 2 unspecified atom stereocenters. The maximum atomic E-state index is 11.8. The van der Waals surface area contributed by atoms with Crippen LogP contribution in [0.25, 0.3) is 0 Å². The molecular formula is C11H16BrNOS. The molecule has 2 N–H and O–H groups in total. The maximum absolute atomic E-state index is 11.8. The number of hydrogen-bond donors (Lipinski definition) is 1. The fourth-order valence-corrected chi connectivity index (χ4v) is 3.10. The van der Waals surface area contributed by atoms with E-state index in [1.807, 2.05) is 25.1 Å². The van der Waals surface area contributed by atoms with Gasteiger partial charge in [0.25, 0.3) is 0 Å². The smallest absolute Gasteiger partial charge is 0.0499 e. The summed E-state index contributed by atoms with van der Waals surface area (Å²) in [5, 5.41) is 0.245. The molecule has 1 rings (SSSR count). The number of nitrogen functional groups attached to an aromatic ring is 1. The lowest BCUT2D eigenvalue weighted by molar-refractivity contribution is 0.669. The Morgan fingerprint density at radius 3 is 2.73 bits per heavy atom. The highest BCUT2D eigenvalue weighted by atomic mass is 79.9. The zero-order chi connectivity index (χ0) is 11.4. The van der Waals surface area contributed by atoms with E-state index >= 15 is 0 Å². The van der Waals surface area contributed by atoms with Crippen LogP contribution in [0.4, 0.5) is 5.69 Å². The van der Waals surface area contributed by atoms with Crippen molar-refractivity contribution >= 4 is 32.4 Å². The van der Waals surface area contributed by atoms with Gasteiger partial charge in [0.05, 0.1) is 0 Å². The highest BCUT2D eigenvalue weighted by Crippen LogP contribution is 2.22. The third-order valence-electron chi connectivity index (χ3n) is 2.40. The molecular weight excluding hydrogens is 274 g/mol. The molecule has 1 aromatic carbocycles. The molecule has 0 aromatic heterocycles.